The Labute approximate surface area is 111 Å². The van der Waals surface area contributed by atoms with E-state index in [1.807, 2.05) is 6.92 Å². The highest BCUT2D eigenvalue weighted by molar-refractivity contribution is 7.92. The van der Waals surface area contributed by atoms with Crippen LogP contribution in [0.5, 0.6) is 0 Å². The lowest BCUT2D eigenvalue weighted by Gasteiger charge is -2.07. The predicted octanol–water partition coefficient (Wildman–Crippen LogP) is 1.20. The number of imidazole rings is 1. The molecule has 0 fully saturated rings. The normalized spacial score (nSPS) is 11.4. The molecule has 0 aromatic carbocycles. The minimum absolute atomic E-state index is 0.0912. The molecule has 2 heterocycles. The van der Waals surface area contributed by atoms with E-state index in [0.29, 0.717) is 12.2 Å². The van der Waals surface area contributed by atoms with Crippen LogP contribution < -0.4 is 4.72 Å². The summed E-state index contributed by atoms with van der Waals surface area (Å²) in [6.07, 6.45) is 7.68. The maximum absolute atomic E-state index is 11.8. The van der Waals surface area contributed by atoms with Crippen LogP contribution in [0.25, 0.3) is 5.82 Å². The van der Waals surface area contributed by atoms with Crippen molar-refractivity contribution in [2.75, 3.05) is 10.5 Å². The maximum atomic E-state index is 11.8. The average molecular weight is 281 g/mol. The molecule has 0 saturated heterocycles. The van der Waals surface area contributed by atoms with Crippen LogP contribution in [-0.2, 0) is 10.0 Å². The quantitative estimate of drug-likeness (QED) is 0.859. The van der Waals surface area contributed by atoms with Crippen LogP contribution >= 0.6 is 0 Å². The lowest BCUT2D eigenvalue weighted by atomic mass is 10.4. The fraction of sp³-hybridized carbons (Fsp3) is 0.364. The summed E-state index contributed by atoms with van der Waals surface area (Å²) >= 11 is 0. The minimum Gasteiger partial charge on any atom is -0.290 e. The fourth-order valence-corrected chi connectivity index (χ4v) is 2.68. The van der Waals surface area contributed by atoms with Gasteiger partial charge in [0, 0.05) is 18.5 Å². The first-order valence-electron chi connectivity index (χ1n) is 5.91. The van der Waals surface area contributed by atoms with Gasteiger partial charge in [-0.05, 0) is 6.42 Å². The molecule has 0 saturated carbocycles. The standard InChI is InChI=1S/C11H15N5O2S/c1-2-3-6-19(17,18)15-10-7-11(14-8-13-10)16-5-4-12-9-16/h4-5,7-9H,2-3,6H2,1H3,(H,13,14,15). The zero-order chi connectivity index (χ0) is 13.7. The van der Waals surface area contributed by atoms with Gasteiger partial charge < -0.3 is 0 Å². The number of rotatable bonds is 6. The Balaban J connectivity index is 2.16. The minimum atomic E-state index is -3.35. The summed E-state index contributed by atoms with van der Waals surface area (Å²) in [6.45, 7) is 1.94. The van der Waals surface area contributed by atoms with Crippen molar-refractivity contribution in [1.82, 2.24) is 19.5 Å². The molecule has 19 heavy (non-hydrogen) atoms. The van der Waals surface area contributed by atoms with Gasteiger partial charge in [-0.3, -0.25) is 9.29 Å². The van der Waals surface area contributed by atoms with E-state index in [1.165, 1.54) is 6.33 Å². The van der Waals surface area contributed by atoms with Gasteiger partial charge >= 0.3 is 0 Å². The van der Waals surface area contributed by atoms with Gasteiger partial charge in [-0.1, -0.05) is 13.3 Å². The molecule has 102 valence electrons. The number of unbranched alkanes of at least 4 members (excludes halogenated alkanes) is 1. The number of anilines is 1. The van der Waals surface area contributed by atoms with E-state index in [4.69, 9.17) is 0 Å². The van der Waals surface area contributed by atoms with Crippen molar-refractivity contribution in [3.05, 3.63) is 31.1 Å². The molecule has 2 aromatic heterocycles. The summed E-state index contributed by atoms with van der Waals surface area (Å²) in [5.74, 6) is 0.906. The summed E-state index contributed by atoms with van der Waals surface area (Å²) in [6, 6.07) is 1.56. The van der Waals surface area contributed by atoms with E-state index in [2.05, 4.69) is 19.7 Å². The molecule has 7 nitrogen and oxygen atoms in total. The van der Waals surface area contributed by atoms with Crippen molar-refractivity contribution < 1.29 is 8.42 Å². The molecule has 0 radical (unpaired) electrons. The Morgan fingerprint density at radius 3 is 2.89 bits per heavy atom. The largest absolute Gasteiger partial charge is 0.290 e. The second kappa shape index (κ2) is 5.79. The summed E-state index contributed by atoms with van der Waals surface area (Å²) in [5.41, 5.74) is 0. The van der Waals surface area contributed by atoms with Crippen LogP contribution in [0.3, 0.4) is 0 Å². The van der Waals surface area contributed by atoms with Crippen LogP contribution in [0.4, 0.5) is 5.82 Å². The fourth-order valence-electron chi connectivity index (χ4n) is 1.48. The summed E-state index contributed by atoms with van der Waals surface area (Å²) in [7, 11) is -3.35. The Bertz CT molecular complexity index is 624. The lowest BCUT2D eigenvalue weighted by molar-refractivity contribution is 0.597. The molecule has 2 aromatic rings. The van der Waals surface area contributed by atoms with Crippen molar-refractivity contribution in [3.8, 4) is 5.82 Å². The Morgan fingerprint density at radius 1 is 1.37 bits per heavy atom. The van der Waals surface area contributed by atoms with Gasteiger partial charge in [-0.2, -0.15) is 0 Å². The van der Waals surface area contributed by atoms with Gasteiger partial charge in [0.2, 0.25) is 10.0 Å². The van der Waals surface area contributed by atoms with Crippen LogP contribution in [0.1, 0.15) is 19.8 Å². The summed E-state index contributed by atoms with van der Waals surface area (Å²) < 4.78 is 27.6. The monoisotopic (exact) mass is 281 g/mol. The molecular formula is C11H15N5O2S. The molecular weight excluding hydrogens is 266 g/mol. The molecule has 0 spiro atoms. The van der Waals surface area contributed by atoms with Gasteiger partial charge in [0.25, 0.3) is 0 Å². The number of nitrogens with zero attached hydrogens (tertiary/aromatic N) is 4. The topological polar surface area (TPSA) is 89.8 Å². The molecule has 1 N–H and O–H groups in total. The van der Waals surface area contributed by atoms with Crippen molar-refractivity contribution >= 4 is 15.8 Å². The summed E-state index contributed by atoms with van der Waals surface area (Å²) in [5, 5.41) is 0. The Morgan fingerprint density at radius 2 is 2.21 bits per heavy atom. The first-order chi connectivity index (χ1) is 9.11. The highest BCUT2D eigenvalue weighted by Gasteiger charge is 2.11. The number of nitrogens with one attached hydrogen (secondary N) is 1. The molecule has 0 bridgehead atoms. The van der Waals surface area contributed by atoms with E-state index in [-0.39, 0.29) is 11.6 Å². The van der Waals surface area contributed by atoms with E-state index in [9.17, 15) is 8.42 Å². The Kier molecular flexibility index (Phi) is 4.10. The number of aromatic nitrogens is 4. The van der Waals surface area contributed by atoms with Crippen LogP contribution in [0.15, 0.2) is 31.1 Å². The Hall–Kier alpha value is -1.96. The van der Waals surface area contributed by atoms with E-state index < -0.39 is 10.0 Å². The SMILES string of the molecule is CCCCS(=O)(=O)Nc1cc(-n2ccnc2)ncn1. The molecule has 0 aliphatic heterocycles. The first kappa shape index (κ1) is 13.5. The smallest absolute Gasteiger partial charge is 0.233 e. The first-order valence-corrected chi connectivity index (χ1v) is 7.57. The van der Waals surface area contributed by atoms with E-state index in [1.54, 1.807) is 29.4 Å². The zero-order valence-corrected chi connectivity index (χ0v) is 11.3. The third kappa shape index (κ3) is 3.75. The number of sulfonamides is 1. The van der Waals surface area contributed by atoms with Gasteiger partial charge in [-0.25, -0.2) is 23.4 Å². The molecule has 0 unspecified atom stereocenters. The van der Waals surface area contributed by atoms with Gasteiger partial charge in [-0.15, -0.1) is 0 Å². The molecule has 8 heteroatoms. The van der Waals surface area contributed by atoms with Crippen LogP contribution in [0.2, 0.25) is 0 Å². The lowest BCUT2D eigenvalue weighted by Crippen LogP contribution is -2.17. The van der Waals surface area contributed by atoms with Crippen molar-refractivity contribution in [2.45, 2.75) is 19.8 Å². The van der Waals surface area contributed by atoms with Crippen LogP contribution in [0, 0.1) is 0 Å². The van der Waals surface area contributed by atoms with Gasteiger partial charge in [0.1, 0.15) is 24.3 Å². The highest BCUT2D eigenvalue weighted by atomic mass is 32.2. The second-order valence-corrected chi connectivity index (χ2v) is 5.85. The number of hydrogen-bond acceptors (Lipinski definition) is 5. The van der Waals surface area contributed by atoms with Crippen molar-refractivity contribution in [3.63, 3.8) is 0 Å². The zero-order valence-electron chi connectivity index (χ0n) is 10.5. The molecule has 0 aliphatic rings. The van der Waals surface area contributed by atoms with Crippen LogP contribution in [-0.4, -0.2) is 33.7 Å². The molecule has 0 amide bonds. The van der Waals surface area contributed by atoms with Gasteiger partial charge in [0.15, 0.2) is 0 Å². The van der Waals surface area contributed by atoms with E-state index >= 15 is 0 Å². The average Bonchev–Trinajstić information content (AvgIpc) is 2.90. The van der Waals surface area contributed by atoms with Crippen molar-refractivity contribution in [2.24, 2.45) is 0 Å². The van der Waals surface area contributed by atoms with E-state index in [0.717, 1.165) is 6.42 Å². The third-order valence-corrected chi connectivity index (χ3v) is 3.79. The molecule has 0 aliphatic carbocycles. The predicted molar refractivity (Wildman–Crippen MR) is 71.5 cm³/mol. The molecule has 2 rings (SSSR count). The van der Waals surface area contributed by atoms with Gasteiger partial charge in [0.05, 0.1) is 5.75 Å². The third-order valence-electron chi connectivity index (χ3n) is 2.45. The highest BCUT2D eigenvalue weighted by Crippen LogP contribution is 2.10. The van der Waals surface area contributed by atoms with Crippen molar-refractivity contribution in [1.29, 1.82) is 0 Å². The number of hydrogen-bond donors (Lipinski definition) is 1. The summed E-state index contributed by atoms with van der Waals surface area (Å²) in [4.78, 5) is 11.9. The molecule has 0 atom stereocenters. The second-order valence-electron chi connectivity index (χ2n) is 4.01. The maximum Gasteiger partial charge on any atom is 0.233 e.